The van der Waals surface area contributed by atoms with E-state index in [1.54, 1.807) is 0 Å². The molecule has 1 aromatic carbocycles. The van der Waals surface area contributed by atoms with Crippen molar-refractivity contribution in [3.8, 4) is 0 Å². The van der Waals surface area contributed by atoms with E-state index in [-0.39, 0.29) is 22.7 Å². The van der Waals surface area contributed by atoms with Crippen molar-refractivity contribution in [3.05, 3.63) is 33.8 Å². The number of likely N-dealkylation sites (tertiary alicyclic amines) is 1. The molecular weight excluding hydrogens is 458 g/mol. The lowest BCUT2D eigenvalue weighted by Gasteiger charge is -2.42. The fourth-order valence-corrected chi connectivity index (χ4v) is 6.15. The van der Waals surface area contributed by atoms with Gasteiger partial charge in [-0.15, -0.1) is 0 Å². The van der Waals surface area contributed by atoms with Crippen LogP contribution < -0.4 is 0 Å². The number of amides is 1. The number of fused-ring (bicyclic) bond motifs is 2. The molecule has 1 aromatic rings. The van der Waals surface area contributed by atoms with E-state index in [1.807, 2.05) is 25.7 Å². The normalized spacial score (nSPS) is 24.4. The highest BCUT2D eigenvalue weighted by atomic mass is 79.9. The number of ether oxygens (including phenoxy) is 1. The molecule has 6 heteroatoms. The standard InChI is InChI=1S/C24H38BrNO3Si/c1-22(2,3)29-21(27)26-17(16-28-30(7,8)23(4,5)6)12-14-24(26)15-13-18-19(24)10-9-11-20(18)25/h9-11,17H,12-16H2,1-8H3. The van der Waals surface area contributed by atoms with Gasteiger partial charge in [0.15, 0.2) is 8.32 Å². The molecule has 30 heavy (non-hydrogen) atoms. The van der Waals surface area contributed by atoms with Crippen LogP contribution in [-0.2, 0) is 21.1 Å². The SMILES string of the molecule is CC(C)(C)OC(=O)N1C(CO[Si](C)(C)C(C)(C)C)CCC12CCc1c(Br)cccc12. The zero-order valence-corrected chi connectivity index (χ0v) is 22.5. The Morgan fingerprint density at radius 1 is 1.20 bits per heavy atom. The lowest BCUT2D eigenvalue weighted by molar-refractivity contribution is -0.00912. The van der Waals surface area contributed by atoms with Crippen molar-refractivity contribution in [1.82, 2.24) is 4.90 Å². The Balaban J connectivity index is 1.94. The predicted octanol–water partition coefficient (Wildman–Crippen LogP) is 7.01. The van der Waals surface area contributed by atoms with Gasteiger partial charge in [0.2, 0.25) is 0 Å². The molecule has 4 nitrogen and oxygen atoms in total. The Labute approximate surface area is 192 Å². The fraction of sp³-hybridized carbons (Fsp3) is 0.708. The van der Waals surface area contributed by atoms with Gasteiger partial charge in [-0.25, -0.2) is 4.79 Å². The van der Waals surface area contributed by atoms with Gasteiger partial charge in [0.05, 0.1) is 18.2 Å². The number of nitrogens with zero attached hydrogens (tertiary/aromatic N) is 1. The third-order valence-electron chi connectivity index (χ3n) is 7.16. The van der Waals surface area contributed by atoms with Crippen LogP contribution in [0.4, 0.5) is 4.79 Å². The second-order valence-corrected chi connectivity index (χ2v) is 17.1. The van der Waals surface area contributed by atoms with Crippen molar-refractivity contribution >= 4 is 30.3 Å². The molecule has 2 aliphatic rings. The molecule has 1 aliphatic heterocycles. The third kappa shape index (κ3) is 4.37. The summed E-state index contributed by atoms with van der Waals surface area (Å²) in [5.41, 5.74) is 1.79. The van der Waals surface area contributed by atoms with Crippen LogP contribution in [-0.4, -0.2) is 37.6 Å². The molecular formula is C24H38BrNO3Si. The molecule has 0 saturated carbocycles. The molecule has 3 rings (SSSR count). The molecule has 1 heterocycles. The van der Waals surface area contributed by atoms with E-state index in [0.29, 0.717) is 6.61 Å². The number of halogens is 1. The average Bonchev–Trinajstić information content (AvgIpc) is 3.14. The molecule has 2 atom stereocenters. The maximum absolute atomic E-state index is 13.5. The highest BCUT2D eigenvalue weighted by molar-refractivity contribution is 9.10. The molecule has 0 N–H and O–H groups in total. The number of benzene rings is 1. The highest BCUT2D eigenvalue weighted by Gasteiger charge is 2.54. The van der Waals surface area contributed by atoms with Gasteiger partial charge in [-0.1, -0.05) is 48.8 Å². The lowest BCUT2D eigenvalue weighted by Crippen LogP contribution is -2.52. The summed E-state index contributed by atoms with van der Waals surface area (Å²) >= 11 is 3.72. The van der Waals surface area contributed by atoms with E-state index >= 15 is 0 Å². The quantitative estimate of drug-likeness (QED) is 0.423. The number of hydrogen-bond acceptors (Lipinski definition) is 3. The minimum absolute atomic E-state index is 0.0407. The largest absolute Gasteiger partial charge is 0.444 e. The third-order valence-corrected chi connectivity index (χ3v) is 12.4. The van der Waals surface area contributed by atoms with E-state index in [9.17, 15) is 4.79 Å². The molecule has 168 valence electrons. The van der Waals surface area contributed by atoms with Crippen molar-refractivity contribution in [2.75, 3.05) is 6.61 Å². The Kier molecular flexibility index (Phi) is 6.29. The first-order valence-corrected chi connectivity index (χ1v) is 14.8. The van der Waals surface area contributed by atoms with Crippen LogP contribution in [0.1, 0.15) is 71.9 Å². The number of carbonyl (C=O) groups is 1. The van der Waals surface area contributed by atoms with Crippen LogP contribution in [0.15, 0.2) is 22.7 Å². The van der Waals surface area contributed by atoms with Crippen LogP contribution >= 0.6 is 15.9 Å². The van der Waals surface area contributed by atoms with Gasteiger partial charge in [-0.05, 0) is 81.8 Å². The summed E-state index contributed by atoms with van der Waals surface area (Å²) in [7, 11) is -1.90. The molecule has 0 aromatic heterocycles. The molecule has 1 fully saturated rings. The van der Waals surface area contributed by atoms with Crippen molar-refractivity contribution < 1.29 is 14.0 Å². The highest BCUT2D eigenvalue weighted by Crippen LogP contribution is 2.52. The average molecular weight is 497 g/mol. The van der Waals surface area contributed by atoms with Gasteiger partial charge >= 0.3 is 6.09 Å². The van der Waals surface area contributed by atoms with Gasteiger partial charge in [0.25, 0.3) is 0 Å². The van der Waals surface area contributed by atoms with Gasteiger partial charge in [-0.3, -0.25) is 4.90 Å². The van der Waals surface area contributed by atoms with Crippen LogP contribution in [0.25, 0.3) is 0 Å². The zero-order chi connectivity index (χ0) is 22.5. The van der Waals surface area contributed by atoms with Crippen molar-refractivity contribution in [2.45, 2.75) is 103 Å². The number of hydrogen-bond donors (Lipinski definition) is 0. The second kappa shape index (κ2) is 7.93. The number of carbonyl (C=O) groups excluding carboxylic acids is 1. The van der Waals surface area contributed by atoms with Crippen LogP contribution in [0.5, 0.6) is 0 Å². The summed E-state index contributed by atoms with van der Waals surface area (Å²) in [4.78, 5) is 15.5. The first kappa shape index (κ1) is 23.8. The van der Waals surface area contributed by atoms with Crippen LogP contribution in [0, 0.1) is 0 Å². The lowest BCUT2D eigenvalue weighted by atomic mass is 9.89. The first-order valence-electron chi connectivity index (χ1n) is 11.1. The Hall–Kier alpha value is -0.853. The molecule has 2 unspecified atom stereocenters. The second-order valence-electron chi connectivity index (χ2n) is 11.4. The van der Waals surface area contributed by atoms with Gasteiger partial charge in [0.1, 0.15) is 5.60 Å². The predicted molar refractivity (Wildman–Crippen MR) is 128 cm³/mol. The summed E-state index contributed by atoms with van der Waals surface area (Å²) in [6.07, 6.45) is 3.62. The van der Waals surface area contributed by atoms with Crippen molar-refractivity contribution in [1.29, 1.82) is 0 Å². The van der Waals surface area contributed by atoms with E-state index in [1.165, 1.54) is 11.1 Å². The van der Waals surface area contributed by atoms with E-state index in [4.69, 9.17) is 9.16 Å². The molecule has 1 aliphatic carbocycles. The Morgan fingerprint density at radius 3 is 2.47 bits per heavy atom. The van der Waals surface area contributed by atoms with Crippen molar-refractivity contribution in [3.63, 3.8) is 0 Å². The minimum Gasteiger partial charge on any atom is -0.444 e. The van der Waals surface area contributed by atoms with Crippen LogP contribution in [0.2, 0.25) is 18.1 Å². The maximum Gasteiger partial charge on any atom is 0.411 e. The van der Waals surface area contributed by atoms with Gasteiger partial charge < -0.3 is 9.16 Å². The monoisotopic (exact) mass is 495 g/mol. The molecule has 1 spiro atoms. The van der Waals surface area contributed by atoms with Gasteiger partial charge in [-0.2, -0.15) is 0 Å². The van der Waals surface area contributed by atoms with Crippen molar-refractivity contribution in [2.24, 2.45) is 0 Å². The van der Waals surface area contributed by atoms with E-state index in [0.717, 1.165) is 30.2 Å². The summed E-state index contributed by atoms with van der Waals surface area (Å²) < 4.78 is 13.6. The van der Waals surface area contributed by atoms with E-state index in [2.05, 4.69) is 68.0 Å². The smallest absolute Gasteiger partial charge is 0.411 e. The van der Waals surface area contributed by atoms with Gasteiger partial charge in [0, 0.05) is 4.47 Å². The first-order chi connectivity index (χ1) is 13.7. The molecule has 1 saturated heterocycles. The summed E-state index contributed by atoms with van der Waals surface area (Å²) in [6, 6.07) is 6.42. The fourth-order valence-electron chi connectivity index (χ4n) is 4.54. The topological polar surface area (TPSA) is 38.8 Å². The summed E-state index contributed by atoms with van der Waals surface area (Å²) in [5.74, 6) is 0. The summed E-state index contributed by atoms with van der Waals surface area (Å²) in [6.45, 7) is 17.7. The Bertz CT molecular complexity index is 812. The van der Waals surface area contributed by atoms with Crippen LogP contribution in [0.3, 0.4) is 0 Å². The Morgan fingerprint density at radius 2 is 1.87 bits per heavy atom. The molecule has 1 amide bonds. The maximum atomic E-state index is 13.5. The molecule has 0 radical (unpaired) electrons. The number of rotatable bonds is 3. The summed E-state index contributed by atoms with van der Waals surface area (Å²) in [5, 5.41) is 0.144. The zero-order valence-electron chi connectivity index (χ0n) is 19.9. The minimum atomic E-state index is -1.90. The molecule has 0 bridgehead atoms. The van der Waals surface area contributed by atoms with E-state index < -0.39 is 13.9 Å².